The molecule has 0 heterocycles. The smallest absolute Gasteiger partial charge is 0.0314 e. The van der Waals surface area contributed by atoms with E-state index < -0.39 is 0 Å². The molecular formula is C16H26BrNS. The molecule has 0 fully saturated rings. The summed E-state index contributed by atoms with van der Waals surface area (Å²) in [6.07, 6.45) is 0. The second-order valence-electron chi connectivity index (χ2n) is 5.86. The second-order valence-corrected chi connectivity index (χ2v) is 8.13. The summed E-state index contributed by atoms with van der Waals surface area (Å²) >= 11 is 5.65. The highest BCUT2D eigenvalue weighted by molar-refractivity contribution is 9.10. The third-order valence-corrected chi connectivity index (χ3v) is 5.57. The van der Waals surface area contributed by atoms with Gasteiger partial charge in [0.2, 0.25) is 0 Å². The molecule has 1 atom stereocenters. The Morgan fingerprint density at radius 3 is 2.37 bits per heavy atom. The van der Waals surface area contributed by atoms with Crippen LogP contribution in [0.2, 0.25) is 0 Å². The van der Waals surface area contributed by atoms with Gasteiger partial charge >= 0.3 is 0 Å². The van der Waals surface area contributed by atoms with E-state index in [9.17, 15) is 0 Å². The summed E-state index contributed by atoms with van der Waals surface area (Å²) in [6.45, 7) is 13.3. The van der Waals surface area contributed by atoms with Crippen molar-refractivity contribution in [3.8, 4) is 0 Å². The van der Waals surface area contributed by atoms with Crippen molar-refractivity contribution in [2.75, 3.05) is 6.54 Å². The second kappa shape index (κ2) is 8.33. The molecule has 0 saturated heterocycles. The molecule has 3 heteroatoms. The van der Waals surface area contributed by atoms with Gasteiger partial charge in [-0.1, -0.05) is 40.7 Å². The average Bonchev–Trinajstić information content (AvgIpc) is 2.31. The molecule has 0 radical (unpaired) electrons. The fourth-order valence-electron chi connectivity index (χ4n) is 1.59. The number of nitrogens with one attached hydrogen (secondary N) is 1. The molecule has 0 amide bonds. The first-order chi connectivity index (χ1) is 8.90. The van der Waals surface area contributed by atoms with Crippen molar-refractivity contribution in [3.63, 3.8) is 0 Å². The van der Waals surface area contributed by atoms with Crippen LogP contribution in [0.5, 0.6) is 0 Å². The molecule has 0 saturated carbocycles. The van der Waals surface area contributed by atoms with E-state index in [0.717, 1.165) is 13.1 Å². The van der Waals surface area contributed by atoms with Gasteiger partial charge in [0, 0.05) is 21.2 Å². The molecule has 1 nitrogen and oxygen atoms in total. The molecule has 1 rings (SSSR count). The lowest BCUT2D eigenvalue weighted by atomic mass is 10.2. The Kier molecular flexibility index (Phi) is 7.48. The molecule has 108 valence electrons. The zero-order chi connectivity index (χ0) is 14.4. The Labute approximate surface area is 131 Å². The quantitative estimate of drug-likeness (QED) is 0.671. The van der Waals surface area contributed by atoms with Gasteiger partial charge in [-0.05, 0) is 52.0 Å². The van der Waals surface area contributed by atoms with E-state index in [2.05, 4.69) is 74.1 Å². The fraction of sp³-hybridized carbons (Fsp3) is 0.625. The molecule has 0 aliphatic heterocycles. The van der Waals surface area contributed by atoms with Gasteiger partial charge in [-0.2, -0.15) is 0 Å². The van der Waals surface area contributed by atoms with Crippen molar-refractivity contribution in [1.82, 2.24) is 5.32 Å². The van der Waals surface area contributed by atoms with Crippen molar-refractivity contribution in [3.05, 3.63) is 28.2 Å². The van der Waals surface area contributed by atoms with Crippen molar-refractivity contribution in [2.45, 2.75) is 51.3 Å². The van der Waals surface area contributed by atoms with Crippen molar-refractivity contribution >= 4 is 27.7 Å². The largest absolute Gasteiger partial charge is 0.312 e. The van der Waals surface area contributed by atoms with Crippen LogP contribution in [-0.2, 0) is 6.54 Å². The maximum atomic E-state index is 3.70. The summed E-state index contributed by atoms with van der Waals surface area (Å²) in [5.74, 6) is 1.40. The van der Waals surface area contributed by atoms with Crippen LogP contribution in [0.15, 0.2) is 27.6 Å². The van der Waals surface area contributed by atoms with Gasteiger partial charge in [-0.3, -0.25) is 0 Å². The molecular weight excluding hydrogens is 318 g/mol. The minimum atomic E-state index is 0.640. The predicted molar refractivity (Wildman–Crippen MR) is 90.8 cm³/mol. The third kappa shape index (κ3) is 6.33. The first-order valence-electron chi connectivity index (χ1n) is 7.06. The van der Waals surface area contributed by atoms with Crippen molar-refractivity contribution in [2.24, 2.45) is 11.8 Å². The topological polar surface area (TPSA) is 12.0 Å². The number of hydrogen-bond donors (Lipinski definition) is 1. The third-order valence-electron chi connectivity index (χ3n) is 3.13. The standard InChI is InChI=1S/C16H26BrNS/c1-11(2)9-18-10-14-6-7-16(15(17)8-14)19-13(5)12(3)4/h6-8,11-13,18H,9-10H2,1-5H3. The minimum absolute atomic E-state index is 0.640. The molecule has 0 bridgehead atoms. The monoisotopic (exact) mass is 343 g/mol. The van der Waals surface area contributed by atoms with Gasteiger partial charge in [0.1, 0.15) is 0 Å². The van der Waals surface area contributed by atoms with Crippen LogP contribution in [0.4, 0.5) is 0 Å². The van der Waals surface area contributed by atoms with Crippen LogP contribution < -0.4 is 5.32 Å². The Hall–Kier alpha value is 0.01000. The average molecular weight is 344 g/mol. The molecule has 19 heavy (non-hydrogen) atoms. The predicted octanol–water partition coefficient (Wildman–Crippen LogP) is 5.33. The molecule has 0 aromatic heterocycles. The number of thioether (sulfide) groups is 1. The van der Waals surface area contributed by atoms with E-state index in [-0.39, 0.29) is 0 Å². The molecule has 0 spiro atoms. The maximum Gasteiger partial charge on any atom is 0.0314 e. The first-order valence-corrected chi connectivity index (χ1v) is 8.73. The van der Waals surface area contributed by atoms with E-state index in [1.165, 1.54) is 14.9 Å². The summed E-state index contributed by atoms with van der Waals surface area (Å²) in [5, 5.41) is 4.12. The van der Waals surface area contributed by atoms with Gasteiger partial charge in [-0.15, -0.1) is 11.8 Å². The Morgan fingerprint density at radius 1 is 1.16 bits per heavy atom. The summed E-state index contributed by atoms with van der Waals surface area (Å²) in [4.78, 5) is 1.34. The van der Waals surface area contributed by atoms with Gasteiger partial charge in [0.05, 0.1) is 0 Å². The lowest BCUT2D eigenvalue weighted by Gasteiger charge is -2.16. The number of rotatable bonds is 7. The Morgan fingerprint density at radius 2 is 1.84 bits per heavy atom. The first kappa shape index (κ1) is 17.1. The maximum absolute atomic E-state index is 3.70. The fourth-order valence-corrected chi connectivity index (χ4v) is 3.29. The molecule has 1 aromatic rings. The highest BCUT2D eigenvalue weighted by Gasteiger charge is 2.11. The van der Waals surface area contributed by atoms with E-state index in [0.29, 0.717) is 17.1 Å². The van der Waals surface area contributed by atoms with Crippen LogP contribution in [0.1, 0.15) is 40.2 Å². The summed E-state index contributed by atoms with van der Waals surface area (Å²) in [7, 11) is 0. The van der Waals surface area contributed by atoms with Gasteiger partial charge in [0.15, 0.2) is 0 Å². The van der Waals surface area contributed by atoms with Gasteiger partial charge < -0.3 is 5.32 Å². The Bertz CT molecular complexity index is 390. The van der Waals surface area contributed by atoms with Crippen molar-refractivity contribution in [1.29, 1.82) is 0 Å². The van der Waals surface area contributed by atoms with Crippen molar-refractivity contribution < 1.29 is 0 Å². The zero-order valence-electron chi connectivity index (χ0n) is 12.7. The summed E-state index contributed by atoms with van der Waals surface area (Å²) < 4.78 is 1.22. The van der Waals surface area contributed by atoms with Crippen LogP contribution in [0.25, 0.3) is 0 Å². The van der Waals surface area contributed by atoms with Crippen LogP contribution in [-0.4, -0.2) is 11.8 Å². The van der Waals surface area contributed by atoms with Gasteiger partial charge in [0.25, 0.3) is 0 Å². The van der Waals surface area contributed by atoms with E-state index in [4.69, 9.17) is 0 Å². The number of benzene rings is 1. The highest BCUT2D eigenvalue weighted by Crippen LogP contribution is 2.33. The lowest BCUT2D eigenvalue weighted by molar-refractivity contribution is 0.552. The number of halogens is 1. The molecule has 1 aromatic carbocycles. The van der Waals surface area contributed by atoms with E-state index in [1.54, 1.807) is 0 Å². The number of hydrogen-bond acceptors (Lipinski definition) is 2. The van der Waals surface area contributed by atoms with Gasteiger partial charge in [-0.25, -0.2) is 0 Å². The molecule has 0 aliphatic rings. The minimum Gasteiger partial charge on any atom is -0.312 e. The molecule has 0 aliphatic carbocycles. The van der Waals surface area contributed by atoms with E-state index >= 15 is 0 Å². The van der Waals surface area contributed by atoms with Crippen LogP contribution >= 0.6 is 27.7 Å². The van der Waals surface area contributed by atoms with Crippen LogP contribution in [0.3, 0.4) is 0 Å². The summed E-state index contributed by atoms with van der Waals surface area (Å²) in [5.41, 5.74) is 1.34. The summed E-state index contributed by atoms with van der Waals surface area (Å²) in [6, 6.07) is 6.70. The SMILES string of the molecule is CC(C)CNCc1ccc(SC(C)C(C)C)c(Br)c1. The zero-order valence-corrected chi connectivity index (χ0v) is 15.1. The normalized spacial score (nSPS) is 13.3. The lowest BCUT2D eigenvalue weighted by Crippen LogP contribution is -2.18. The molecule has 1 N–H and O–H groups in total. The highest BCUT2D eigenvalue weighted by atomic mass is 79.9. The van der Waals surface area contributed by atoms with E-state index in [1.807, 2.05) is 11.8 Å². The molecule has 1 unspecified atom stereocenters. The van der Waals surface area contributed by atoms with Crippen LogP contribution in [0, 0.1) is 11.8 Å². The Balaban J connectivity index is 2.59.